The lowest BCUT2D eigenvalue weighted by molar-refractivity contribution is 0.0983. The zero-order chi connectivity index (χ0) is 9.31. The summed E-state index contributed by atoms with van der Waals surface area (Å²) in [4.78, 5) is 0. The molecule has 0 amide bonds. The van der Waals surface area contributed by atoms with Gasteiger partial charge in [0.1, 0.15) is 0 Å². The van der Waals surface area contributed by atoms with Gasteiger partial charge >= 0.3 is 0 Å². The third-order valence-electron chi connectivity index (χ3n) is 2.50. The Hall–Kier alpha value is -0.130. The maximum Gasteiger partial charge on any atom is 0.155 e. The largest absolute Gasteiger partial charge is 0.381 e. The van der Waals surface area contributed by atoms with Crippen molar-refractivity contribution in [3.8, 4) is 0 Å². The van der Waals surface area contributed by atoms with Crippen molar-refractivity contribution >= 4 is 9.84 Å². The van der Waals surface area contributed by atoms with Gasteiger partial charge in [0, 0.05) is 13.2 Å². The number of epoxide rings is 1. The van der Waals surface area contributed by atoms with Gasteiger partial charge in [-0.3, -0.25) is 0 Å². The Morgan fingerprint density at radius 3 is 2.38 bits per heavy atom. The molecule has 0 spiro atoms. The SMILES string of the molecule is O=S(=O)(CC1CO1)C1CCOCC1. The molecule has 1 unspecified atom stereocenters. The first kappa shape index (κ1) is 9.43. The number of ether oxygens (including phenoxy) is 2. The van der Waals surface area contributed by atoms with Crippen molar-refractivity contribution in [1.82, 2.24) is 0 Å². The van der Waals surface area contributed by atoms with E-state index in [0.717, 1.165) is 0 Å². The maximum atomic E-state index is 11.7. The molecule has 0 aromatic rings. The summed E-state index contributed by atoms with van der Waals surface area (Å²) in [5.74, 6) is 0.206. The summed E-state index contributed by atoms with van der Waals surface area (Å²) in [5, 5.41) is -0.189. The average Bonchev–Trinajstić information content (AvgIpc) is 2.89. The summed E-state index contributed by atoms with van der Waals surface area (Å²) in [6, 6.07) is 0. The van der Waals surface area contributed by atoms with E-state index in [0.29, 0.717) is 32.7 Å². The zero-order valence-electron chi connectivity index (χ0n) is 7.44. The topological polar surface area (TPSA) is 55.9 Å². The van der Waals surface area contributed by atoms with E-state index in [1.165, 1.54) is 0 Å². The third kappa shape index (κ3) is 2.42. The fourth-order valence-corrected chi connectivity index (χ4v) is 3.49. The molecule has 4 nitrogen and oxygen atoms in total. The Balaban J connectivity index is 1.95. The summed E-state index contributed by atoms with van der Waals surface area (Å²) in [7, 11) is -2.93. The van der Waals surface area contributed by atoms with Gasteiger partial charge in [-0.05, 0) is 12.8 Å². The Labute approximate surface area is 78.1 Å². The predicted octanol–water partition coefficient (Wildman–Crippen LogP) is -0.0210. The van der Waals surface area contributed by atoms with Gasteiger partial charge in [-0.2, -0.15) is 0 Å². The van der Waals surface area contributed by atoms with Gasteiger partial charge in [0.05, 0.1) is 23.7 Å². The lowest BCUT2D eigenvalue weighted by Crippen LogP contribution is -2.32. The molecule has 2 aliphatic rings. The van der Waals surface area contributed by atoms with Gasteiger partial charge in [0.2, 0.25) is 0 Å². The summed E-state index contributed by atoms with van der Waals surface area (Å²) in [5.41, 5.74) is 0. The number of sulfone groups is 1. The molecule has 0 bridgehead atoms. The Morgan fingerprint density at radius 1 is 1.23 bits per heavy atom. The molecule has 2 saturated heterocycles. The molecule has 13 heavy (non-hydrogen) atoms. The molecule has 2 fully saturated rings. The van der Waals surface area contributed by atoms with Gasteiger partial charge in [-0.15, -0.1) is 0 Å². The Morgan fingerprint density at radius 2 is 1.85 bits per heavy atom. The van der Waals surface area contributed by atoms with Crippen LogP contribution < -0.4 is 0 Å². The monoisotopic (exact) mass is 206 g/mol. The van der Waals surface area contributed by atoms with Crippen LogP contribution in [-0.4, -0.2) is 45.3 Å². The van der Waals surface area contributed by atoms with Crippen LogP contribution in [0.5, 0.6) is 0 Å². The quantitative estimate of drug-likeness (QED) is 0.609. The first-order valence-corrected chi connectivity index (χ1v) is 6.31. The molecule has 1 atom stereocenters. The minimum atomic E-state index is -2.93. The summed E-state index contributed by atoms with van der Waals surface area (Å²) < 4.78 is 33.4. The highest BCUT2D eigenvalue weighted by molar-refractivity contribution is 7.92. The molecule has 0 aromatic heterocycles. The van der Waals surface area contributed by atoms with E-state index in [1.54, 1.807) is 0 Å². The van der Waals surface area contributed by atoms with Crippen molar-refractivity contribution < 1.29 is 17.9 Å². The van der Waals surface area contributed by atoms with Crippen LogP contribution in [-0.2, 0) is 19.3 Å². The number of rotatable bonds is 3. The van der Waals surface area contributed by atoms with Crippen LogP contribution in [0.3, 0.4) is 0 Å². The molecular weight excluding hydrogens is 192 g/mol. The third-order valence-corrected chi connectivity index (χ3v) is 4.82. The van der Waals surface area contributed by atoms with E-state index in [2.05, 4.69) is 0 Å². The van der Waals surface area contributed by atoms with Crippen LogP contribution in [0.2, 0.25) is 0 Å². The molecule has 0 saturated carbocycles. The molecule has 2 aliphatic heterocycles. The minimum absolute atomic E-state index is 0.0205. The zero-order valence-corrected chi connectivity index (χ0v) is 8.26. The predicted molar refractivity (Wildman–Crippen MR) is 47.4 cm³/mol. The van der Waals surface area contributed by atoms with Crippen molar-refractivity contribution in [2.45, 2.75) is 24.2 Å². The van der Waals surface area contributed by atoms with E-state index in [-0.39, 0.29) is 17.1 Å². The van der Waals surface area contributed by atoms with E-state index < -0.39 is 9.84 Å². The van der Waals surface area contributed by atoms with Gasteiger partial charge in [0.15, 0.2) is 9.84 Å². The standard InChI is InChI=1S/C8H14O4S/c9-13(10,6-7-5-12-7)8-1-3-11-4-2-8/h7-8H,1-6H2. The van der Waals surface area contributed by atoms with Gasteiger partial charge < -0.3 is 9.47 Å². The molecule has 0 aromatic carbocycles. The summed E-state index contributed by atoms with van der Waals surface area (Å²) in [6.07, 6.45) is 1.28. The van der Waals surface area contributed by atoms with Gasteiger partial charge in [-0.1, -0.05) is 0 Å². The second kappa shape index (κ2) is 3.55. The van der Waals surface area contributed by atoms with Crippen LogP contribution >= 0.6 is 0 Å². The summed E-state index contributed by atoms with van der Waals surface area (Å²) in [6.45, 7) is 1.77. The van der Waals surface area contributed by atoms with Crippen LogP contribution in [0.25, 0.3) is 0 Å². The number of hydrogen-bond acceptors (Lipinski definition) is 4. The molecule has 2 rings (SSSR count). The summed E-state index contributed by atoms with van der Waals surface area (Å²) >= 11 is 0. The normalized spacial score (nSPS) is 30.3. The van der Waals surface area contributed by atoms with Crippen molar-refractivity contribution in [3.63, 3.8) is 0 Å². The smallest absolute Gasteiger partial charge is 0.155 e. The second-order valence-electron chi connectivity index (χ2n) is 3.60. The molecule has 2 heterocycles. The van der Waals surface area contributed by atoms with Crippen LogP contribution in [0.1, 0.15) is 12.8 Å². The molecule has 76 valence electrons. The first-order chi connectivity index (χ1) is 6.18. The highest BCUT2D eigenvalue weighted by Crippen LogP contribution is 2.21. The highest BCUT2D eigenvalue weighted by Gasteiger charge is 2.35. The second-order valence-corrected chi connectivity index (χ2v) is 5.92. The molecule has 0 radical (unpaired) electrons. The van der Waals surface area contributed by atoms with Gasteiger partial charge in [0.25, 0.3) is 0 Å². The highest BCUT2D eigenvalue weighted by atomic mass is 32.2. The number of hydrogen-bond donors (Lipinski definition) is 0. The molecule has 5 heteroatoms. The lowest BCUT2D eigenvalue weighted by atomic mass is 10.2. The van der Waals surface area contributed by atoms with Crippen molar-refractivity contribution in [3.05, 3.63) is 0 Å². The van der Waals surface area contributed by atoms with E-state index in [1.807, 2.05) is 0 Å². The van der Waals surface area contributed by atoms with Crippen LogP contribution in [0.4, 0.5) is 0 Å². The van der Waals surface area contributed by atoms with Crippen molar-refractivity contribution in [1.29, 1.82) is 0 Å². The Bertz CT molecular complexity index is 262. The minimum Gasteiger partial charge on any atom is -0.381 e. The van der Waals surface area contributed by atoms with Gasteiger partial charge in [-0.25, -0.2) is 8.42 Å². The molecule has 0 aliphatic carbocycles. The van der Waals surface area contributed by atoms with Crippen LogP contribution in [0, 0.1) is 0 Å². The molecular formula is C8H14O4S. The van der Waals surface area contributed by atoms with E-state index in [9.17, 15) is 8.42 Å². The van der Waals surface area contributed by atoms with Crippen LogP contribution in [0.15, 0.2) is 0 Å². The maximum absolute atomic E-state index is 11.7. The van der Waals surface area contributed by atoms with E-state index in [4.69, 9.17) is 9.47 Å². The molecule has 0 N–H and O–H groups in total. The Kier molecular flexibility index (Phi) is 2.58. The first-order valence-electron chi connectivity index (χ1n) is 4.59. The van der Waals surface area contributed by atoms with Crippen molar-refractivity contribution in [2.24, 2.45) is 0 Å². The van der Waals surface area contributed by atoms with Crippen molar-refractivity contribution in [2.75, 3.05) is 25.6 Å². The lowest BCUT2D eigenvalue weighted by Gasteiger charge is -2.21. The van der Waals surface area contributed by atoms with E-state index >= 15 is 0 Å². The average molecular weight is 206 g/mol. The fourth-order valence-electron chi connectivity index (χ4n) is 1.59. The fraction of sp³-hybridized carbons (Fsp3) is 1.00.